The summed E-state index contributed by atoms with van der Waals surface area (Å²) in [5.74, 6) is 0.889. The summed E-state index contributed by atoms with van der Waals surface area (Å²) in [6, 6.07) is 1.55. The van der Waals surface area contributed by atoms with E-state index in [0.29, 0.717) is 12.2 Å². The van der Waals surface area contributed by atoms with Crippen molar-refractivity contribution in [2.45, 2.75) is 32.2 Å². The van der Waals surface area contributed by atoms with E-state index in [1.54, 1.807) is 10.7 Å². The quantitative estimate of drug-likeness (QED) is 0.767. The van der Waals surface area contributed by atoms with Crippen LogP contribution in [0.3, 0.4) is 0 Å². The van der Waals surface area contributed by atoms with E-state index in [9.17, 15) is 18.3 Å². The lowest BCUT2D eigenvalue weighted by molar-refractivity contribution is -0.117. The Morgan fingerprint density at radius 3 is 2.92 bits per heavy atom. The highest BCUT2D eigenvalue weighted by molar-refractivity contribution is 7.91. The Morgan fingerprint density at radius 2 is 2.24 bits per heavy atom. The van der Waals surface area contributed by atoms with Crippen LogP contribution in [0.4, 0.5) is 5.82 Å². The van der Waals surface area contributed by atoms with Gasteiger partial charge in [-0.3, -0.25) is 9.69 Å². The average Bonchev–Trinajstić information content (AvgIpc) is 3.09. The number of likely N-dealkylation sites (tertiary alicyclic amines) is 1. The van der Waals surface area contributed by atoms with Gasteiger partial charge in [0.25, 0.3) is 0 Å². The minimum absolute atomic E-state index is 0.0707. The van der Waals surface area contributed by atoms with Crippen molar-refractivity contribution in [2.75, 3.05) is 43.1 Å². The molecule has 3 rings (SSSR count). The second-order valence-corrected chi connectivity index (χ2v) is 9.38. The Hall–Kier alpha value is -1.45. The zero-order valence-corrected chi connectivity index (χ0v) is 15.3. The fourth-order valence-corrected chi connectivity index (χ4v) is 5.38. The number of hydrogen-bond donors (Lipinski definition) is 2. The number of carbonyl (C=O) groups is 1. The number of nitrogens with zero attached hydrogens (tertiary/aromatic N) is 3. The molecule has 2 aliphatic rings. The van der Waals surface area contributed by atoms with Crippen LogP contribution in [-0.2, 0) is 14.6 Å². The van der Waals surface area contributed by atoms with E-state index in [0.717, 1.165) is 31.6 Å². The standard InChI is InChI=1S/C16H26N4O4S/c1-12-7-15(20(18-12)14-4-6-25(23,24)11-14)17-16(22)9-19-5-2-3-13(8-19)10-21/h7,13-14,21H,2-6,8-11H2,1H3,(H,17,22)/t13-,14-/m0/s1. The second-order valence-electron chi connectivity index (χ2n) is 7.15. The topological polar surface area (TPSA) is 105 Å². The molecule has 140 valence electrons. The van der Waals surface area contributed by atoms with E-state index in [2.05, 4.69) is 10.4 Å². The summed E-state index contributed by atoms with van der Waals surface area (Å²) in [5.41, 5.74) is 0.748. The number of aromatic nitrogens is 2. The number of carbonyl (C=O) groups excluding carboxylic acids is 1. The number of anilines is 1. The van der Waals surface area contributed by atoms with Crippen LogP contribution in [0.5, 0.6) is 0 Å². The van der Waals surface area contributed by atoms with Gasteiger partial charge in [0, 0.05) is 19.2 Å². The first kappa shape index (κ1) is 18.3. The highest BCUT2D eigenvalue weighted by Crippen LogP contribution is 2.27. The van der Waals surface area contributed by atoms with E-state index in [1.807, 2.05) is 11.8 Å². The molecule has 2 saturated heterocycles. The molecule has 0 aromatic carbocycles. The van der Waals surface area contributed by atoms with Gasteiger partial charge in [-0.2, -0.15) is 5.10 Å². The van der Waals surface area contributed by atoms with Crippen LogP contribution in [-0.4, -0.2) is 71.9 Å². The molecule has 25 heavy (non-hydrogen) atoms. The number of amides is 1. The summed E-state index contributed by atoms with van der Waals surface area (Å²) in [7, 11) is -3.02. The van der Waals surface area contributed by atoms with Crippen molar-refractivity contribution < 1.29 is 18.3 Å². The third-order valence-corrected chi connectivity index (χ3v) is 6.66. The van der Waals surface area contributed by atoms with Gasteiger partial charge in [0.05, 0.1) is 29.8 Å². The Balaban J connectivity index is 1.64. The largest absolute Gasteiger partial charge is 0.396 e. The van der Waals surface area contributed by atoms with Crippen LogP contribution < -0.4 is 5.32 Å². The van der Waals surface area contributed by atoms with Crippen molar-refractivity contribution in [3.63, 3.8) is 0 Å². The van der Waals surface area contributed by atoms with Gasteiger partial charge in [0.15, 0.2) is 9.84 Å². The highest BCUT2D eigenvalue weighted by Gasteiger charge is 2.31. The molecule has 1 aromatic heterocycles. The summed E-state index contributed by atoms with van der Waals surface area (Å²) in [4.78, 5) is 14.5. The third kappa shape index (κ3) is 4.59. The number of aliphatic hydroxyl groups is 1. The van der Waals surface area contributed by atoms with Crippen molar-refractivity contribution in [3.8, 4) is 0 Å². The molecule has 0 radical (unpaired) electrons. The number of piperidine rings is 1. The van der Waals surface area contributed by atoms with Crippen LogP contribution in [0, 0.1) is 12.8 Å². The molecule has 0 unspecified atom stereocenters. The van der Waals surface area contributed by atoms with E-state index in [4.69, 9.17) is 0 Å². The Morgan fingerprint density at radius 1 is 1.44 bits per heavy atom. The van der Waals surface area contributed by atoms with Crippen LogP contribution in [0.1, 0.15) is 31.0 Å². The van der Waals surface area contributed by atoms with E-state index < -0.39 is 9.84 Å². The second kappa shape index (κ2) is 7.43. The summed E-state index contributed by atoms with van der Waals surface area (Å²) in [6.07, 6.45) is 2.50. The summed E-state index contributed by atoms with van der Waals surface area (Å²) >= 11 is 0. The number of aryl methyl sites for hydroxylation is 1. The average molecular weight is 370 g/mol. The van der Waals surface area contributed by atoms with Gasteiger partial charge in [-0.1, -0.05) is 0 Å². The first-order valence-electron chi connectivity index (χ1n) is 8.76. The fraction of sp³-hybridized carbons (Fsp3) is 0.750. The maximum absolute atomic E-state index is 12.4. The van der Waals surface area contributed by atoms with Gasteiger partial charge in [0.1, 0.15) is 5.82 Å². The van der Waals surface area contributed by atoms with Crippen molar-refractivity contribution >= 4 is 21.6 Å². The predicted molar refractivity (Wildman–Crippen MR) is 94.2 cm³/mol. The number of nitrogens with one attached hydrogen (secondary N) is 1. The van der Waals surface area contributed by atoms with Gasteiger partial charge in [-0.15, -0.1) is 0 Å². The van der Waals surface area contributed by atoms with Gasteiger partial charge in [-0.05, 0) is 38.6 Å². The van der Waals surface area contributed by atoms with Crippen LogP contribution >= 0.6 is 0 Å². The first-order valence-corrected chi connectivity index (χ1v) is 10.6. The summed E-state index contributed by atoms with van der Waals surface area (Å²) < 4.78 is 25.1. The van der Waals surface area contributed by atoms with Crippen molar-refractivity contribution in [1.82, 2.24) is 14.7 Å². The molecule has 0 spiro atoms. The molecule has 0 bridgehead atoms. The van der Waals surface area contributed by atoms with Crippen LogP contribution in [0.15, 0.2) is 6.07 Å². The summed E-state index contributed by atoms with van der Waals surface area (Å²) in [5, 5.41) is 16.5. The molecule has 3 heterocycles. The molecule has 2 aliphatic heterocycles. The van der Waals surface area contributed by atoms with Gasteiger partial charge >= 0.3 is 0 Å². The Labute approximate surface area is 148 Å². The van der Waals surface area contributed by atoms with E-state index in [1.165, 1.54) is 0 Å². The minimum atomic E-state index is -3.02. The molecule has 1 aromatic rings. The molecular formula is C16H26N4O4S. The number of sulfone groups is 1. The number of hydrogen-bond acceptors (Lipinski definition) is 6. The van der Waals surface area contributed by atoms with E-state index >= 15 is 0 Å². The maximum Gasteiger partial charge on any atom is 0.239 e. The Bertz CT molecular complexity index is 730. The predicted octanol–water partition coefficient (Wildman–Crippen LogP) is 0.194. The van der Waals surface area contributed by atoms with E-state index in [-0.39, 0.29) is 42.5 Å². The fourth-order valence-electron chi connectivity index (χ4n) is 3.69. The Kier molecular flexibility index (Phi) is 5.45. The van der Waals surface area contributed by atoms with Gasteiger partial charge in [0.2, 0.25) is 5.91 Å². The number of aliphatic hydroxyl groups excluding tert-OH is 1. The molecule has 8 nitrogen and oxygen atoms in total. The zero-order chi connectivity index (χ0) is 18.0. The molecule has 2 atom stereocenters. The molecular weight excluding hydrogens is 344 g/mol. The SMILES string of the molecule is Cc1cc(NC(=O)CN2CCC[C@H](CO)C2)n([C@H]2CCS(=O)(=O)C2)n1. The first-order chi connectivity index (χ1) is 11.9. The molecule has 0 aliphatic carbocycles. The smallest absolute Gasteiger partial charge is 0.239 e. The normalized spacial score (nSPS) is 26.6. The number of rotatable bonds is 5. The minimum Gasteiger partial charge on any atom is -0.396 e. The monoisotopic (exact) mass is 370 g/mol. The van der Waals surface area contributed by atoms with Crippen LogP contribution in [0.2, 0.25) is 0 Å². The lowest BCUT2D eigenvalue weighted by atomic mass is 9.99. The lowest BCUT2D eigenvalue weighted by Crippen LogP contribution is -2.41. The van der Waals surface area contributed by atoms with Crippen molar-refractivity contribution in [2.24, 2.45) is 5.92 Å². The van der Waals surface area contributed by atoms with Crippen LogP contribution in [0.25, 0.3) is 0 Å². The zero-order valence-electron chi connectivity index (χ0n) is 14.5. The third-order valence-electron chi connectivity index (χ3n) is 4.91. The molecule has 9 heteroatoms. The van der Waals surface area contributed by atoms with Crippen molar-refractivity contribution in [3.05, 3.63) is 11.8 Å². The molecule has 2 fully saturated rings. The lowest BCUT2D eigenvalue weighted by Gasteiger charge is -2.31. The van der Waals surface area contributed by atoms with Gasteiger partial charge < -0.3 is 10.4 Å². The highest BCUT2D eigenvalue weighted by atomic mass is 32.2. The molecule has 2 N–H and O–H groups in total. The molecule has 0 saturated carbocycles. The molecule has 1 amide bonds. The van der Waals surface area contributed by atoms with Crippen molar-refractivity contribution in [1.29, 1.82) is 0 Å². The summed E-state index contributed by atoms with van der Waals surface area (Å²) in [6.45, 7) is 3.82. The van der Waals surface area contributed by atoms with Gasteiger partial charge in [-0.25, -0.2) is 13.1 Å². The maximum atomic E-state index is 12.4.